The van der Waals surface area contributed by atoms with E-state index < -0.39 is 6.04 Å². The second kappa shape index (κ2) is 10.4. The van der Waals surface area contributed by atoms with Gasteiger partial charge in [0.05, 0.1) is 6.42 Å². The molecule has 6 nitrogen and oxygen atoms in total. The van der Waals surface area contributed by atoms with Crippen LogP contribution >= 0.6 is 11.6 Å². The van der Waals surface area contributed by atoms with E-state index in [1.165, 1.54) is 0 Å². The molecule has 1 unspecified atom stereocenters. The lowest BCUT2D eigenvalue weighted by Gasteiger charge is -2.29. The molecule has 1 N–H and O–H groups in total. The summed E-state index contributed by atoms with van der Waals surface area (Å²) in [5.74, 6) is 1.00. The van der Waals surface area contributed by atoms with Crippen molar-refractivity contribution in [2.45, 2.75) is 32.5 Å². The maximum Gasteiger partial charge on any atom is 0.242 e. The Balaban J connectivity index is 1.46. The molecule has 0 aromatic heterocycles. The topological polar surface area (TPSA) is 67.9 Å². The molecular formula is C26H25ClN2O4. The quantitative estimate of drug-likeness (QED) is 0.538. The highest BCUT2D eigenvalue weighted by atomic mass is 35.5. The lowest BCUT2D eigenvalue weighted by molar-refractivity contribution is -0.140. The van der Waals surface area contributed by atoms with Gasteiger partial charge in [-0.2, -0.15) is 0 Å². The normalized spacial score (nSPS) is 12.8. The third-order valence-electron chi connectivity index (χ3n) is 5.54. The zero-order valence-corrected chi connectivity index (χ0v) is 19.0. The Kier molecular flexibility index (Phi) is 7.15. The third kappa shape index (κ3) is 5.84. The van der Waals surface area contributed by atoms with Crippen molar-refractivity contribution in [1.82, 2.24) is 10.2 Å². The molecule has 3 aromatic rings. The van der Waals surface area contributed by atoms with Gasteiger partial charge in [-0.1, -0.05) is 60.1 Å². The van der Waals surface area contributed by atoms with Crippen molar-refractivity contribution in [2.75, 3.05) is 6.79 Å². The number of hydrogen-bond donors (Lipinski definition) is 1. The zero-order valence-electron chi connectivity index (χ0n) is 18.3. The van der Waals surface area contributed by atoms with Crippen LogP contribution in [0.15, 0.2) is 72.8 Å². The number of amides is 2. The molecule has 0 saturated heterocycles. The molecule has 1 atom stereocenters. The highest BCUT2D eigenvalue weighted by molar-refractivity contribution is 6.30. The lowest BCUT2D eigenvalue weighted by Crippen LogP contribution is -2.47. The molecule has 2 amide bonds. The summed E-state index contributed by atoms with van der Waals surface area (Å²) in [4.78, 5) is 27.8. The largest absolute Gasteiger partial charge is 0.454 e. The van der Waals surface area contributed by atoms with Crippen LogP contribution in [0.25, 0.3) is 0 Å². The molecule has 0 radical (unpaired) electrons. The molecule has 4 rings (SSSR count). The molecule has 7 heteroatoms. The fraction of sp³-hybridized carbons (Fsp3) is 0.231. The number of benzene rings is 3. The van der Waals surface area contributed by atoms with Crippen LogP contribution in [0.3, 0.4) is 0 Å². The number of hydrogen-bond acceptors (Lipinski definition) is 4. The molecule has 3 aromatic carbocycles. The minimum Gasteiger partial charge on any atom is -0.454 e. The summed E-state index contributed by atoms with van der Waals surface area (Å²) >= 11 is 6.00. The van der Waals surface area contributed by atoms with Crippen molar-refractivity contribution in [1.29, 1.82) is 0 Å². The van der Waals surface area contributed by atoms with Crippen LogP contribution in [-0.2, 0) is 29.1 Å². The van der Waals surface area contributed by atoms with Crippen LogP contribution in [0.5, 0.6) is 11.5 Å². The van der Waals surface area contributed by atoms with Gasteiger partial charge in [-0.05, 0) is 47.9 Å². The molecule has 0 saturated carbocycles. The Labute approximate surface area is 198 Å². The minimum atomic E-state index is -0.661. The van der Waals surface area contributed by atoms with Crippen molar-refractivity contribution in [2.24, 2.45) is 0 Å². The van der Waals surface area contributed by atoms with E-state index in [-0.39, 0.29) is 25.0 Å². The fourth-order valence-electron chi connectivity index (χ4n) is 3.63. The van der Waals surface area contributed by atoms with E-state index in [0.29, 0.717) is 29.6 Å². The Morgan fingerprint density at radius 3 is 2.39 bits per heavy atom. The minimum absolute atomic E-state index is 0.123. The SMILES string of the molecule is CC(C(=O)NCc1ccc2c(c1)OCO2)N(Cc1ccc(Cl)cc1)C(=O)Cc1ccccc1. The number of carbonyl (C=O) groups is 2. The summed E-state index contributed by atoms with van der Waals surface area (Å²) in [5, 5.41) is 3.55. The molecule has 1 aliphatic heterocycles. The first kappa shape index (κ1) is 22.7. The smallest absolute Gasteiger partial charge is 0.242 e. The van der Waals surface area contributed by atoms with Crippen LogP contribution in [0, 0.1) is 0 Å². The molecule has 0 bridgehead atoms. The molecule has 0 fully saturated rings. The Bertz CT molecular complexity index is 1120. The number of rotatable bonds is 8. The highest BCUT2D eigenvalue weighted by Crippen LogP contribution is 2.32. The summed E-state index contributed by atoms with van der Waals surface area (Å²) in [6.07, 6.45) is 0.216. The van der Waals surface area contributed by atoms with Gasteiger partial charge in [0, 0.05) is 18.1 Å². The van der Waals surface area contributed by atoms with Crippen LogP contribution in [0.2, 0.25) is 5.02 Å². The molecule has 1 heterocycles. The first-order valence-electron chi connectivity index (χ1n) is 10.7. The average Bonchev–Trinajstić information content (AvgIpc) is 3.30. The van der Waals surface area contributed by atoms with Gasteiger partial charge in [0.1, 0.15) is 6.04 Å². The number of nitrogens with one attached hydrogen (secondary N) is 1. The summed E-state index contributed by atoms with van der Waals surface area (Å²) in [6.45, 7) is 2.57. The molecule has 170 valence electrons. The Morgan fingerprint density at radius 2 is 1.64 bits per heavy atom. The van der Waals surface area contributed by atoms with Crippen molar-refractivity contribution in [3.8, 4) is 11.5 Å². The van der Waals surface area contributed by atoms with Gasteiger partial charge in [0.15, 0.2) is 11.5 Å². The van der Waals surface area contributed by atoms with E-state index in [2.05, 4.69) is 5.32 Å². The number of halogens is 1. The van der Waals surface area contributed by atoms with Gasteiger partial charge in [-0.15, -0.1) is 0 Å². The Morgan fingerprint density at radius 1 is 0.939 bits per heavy atom. The third-order valence-corrected chi connectivity index (χ3v) is 5.79. The molecule has 1 aliphatic rings. The standard InChI is InChI=1S/C26H25ClN2O4/c1-18(26(31)28-15-21-9-12-23-24(13-21)33-17-32-23)29(16-20-7-10-22(27)11-8-20)25(30)14-19-5-3-2-4-6-19/h2-13,18H,14-17H2,1H3,(H,28,31). The summed E-state index contributed by atoms with van der Waals surface area (Å²) < 4.78 is 10.7. The first-order valence-corrected chi connectivity index (χ1v) is 11.1. The molecule has 33 heavy (non-hydrogen) atoms. The van der Waals surface area contributed by atoms with Gasteiger partial charge in [0.25, 0.3) is 0 Å². The van der Waals surface area contributed by atoms with Crippen LogP contribution in [0.4, 0.5) is 0 Å². The maximum atomic E-state index is 13.2. The average molecular weight is 465 g/mol. The monoisotopic (exact) mass is 464 g/mol. The van der Waals surface area contributed by atoms with Gasteiger partial charge >= 0.3 is 0 Å². The van der Waals surface area contributed by atoms with E-state index in [0.717, 1.165) is 16.7 Å². The summed E-state index contributed by atoms with van der Waals surface area (Å²) in [5.41, 5.74) is 2.69. The van der Waals surface area contributed by atoms with Crippen molar-refractivity contribution in [3.63, 3.8) is 0 Å². The number of fused-ring (bicyclic) bond motifs is 1. The second-order valence-electron chi connectivity index (χ2n) is 7.89. The lowest BCUT2D eigenvalue weighted by atomic mass is 10.1. The Hall–Kier alpha value is -3.51. The van der Waals surface area contributed by atoms with Gasteiger partial charge in [-0.3, -0.25) is 9.59 Å². The fourth-order valence-corrected chi connectivity index (χ4v) is 3.75. The molecular weight excluding hydrogens is 440 g/mol. The zero-order chi connectivity index (χ0) is 23.2. The van der Waals surface area contributed by atoms with Crippen molar-refractivity contribution in [3.05, 3.63) is 94.5 Å². The molecule has 0 spiro atoms. The summed E-state index contributed by atoms with van der Waals surface area (Å²) in [6, 6.07) is 21.7. The maximum absolute atomic E-state index is 13.2. The van der Waals surface area contributed by atoms with Gasteiger partial charge in [0.2, 0.25) is 18.6 Å². The molecule has 0 aliphatic carbocycles. The van der Waals surface area contributed by atoms with E-state index in [1.807, 2.05) is 60.7 Å². The predicted molar refractivity (Wildman–Crippen MR) is 126 cm³/mol. The van der Waals surface area contributed by atoms with Gasteiger partial charge in [-0.25, -0.2) is 0 Å². The predicted octanol–water partition coefficient (Wildman–Crippen LogP) is 4.34. The second-order valence-corrected chi connectivity index (χ2v) is 8.33. The van der Waals surface area contributed by atoms with Crippen LogP contribution < -0.4 is 14.8 Å². The number of carbonyl (C=O) groups excluding carboxylic acids is 2. The van der Waals surface area contributed by atoms with E-state index in [4.69, 9.17) is 21.1 Å². The van der Waals surface area contributed by atoms with E-state index in [9.17, 15) is 9.59 Å². The number of ether oxygens (including phenoxy) is 2. The first-order chi connectivity index (χ1) is 16.0. The van der Waals surface area contributed by atoms with Crippen molar-refractivity contribution < 1.29 is 19.1 Å². The highest BCUT2D eigenvalue weighted by Gasteiger charge is 2.26. The van der Waals surface area contributed by atoms with E-state index in [1.54, 1.807) is 24.0 Å². The van der Waals surface area contributed by atoms with Gasteiger partial charge < -0.3 is 19.7 Å². The van der Waals surface area contributed by atoms with Crippen molar-refractivity contribution >= 4 is 23.4 Å². The van der Waals surface area contributed by atoms with Crippen LogP contribution in [-0.4, -0.2) is 29.5 Å². The summed E-state index contributed by atoms with van der Waals surface area (Å²) in [7, 11) is 0. The van der Waals surface area contributed by atoms with E-state index >= 15 is 0 Å². The number of nitrogens with zero attached hydrogens (tertiary/aromatic N) is 1. The van der Waals surface area contributed by atoms with Crippen LogP contribution in [0.1, 0.15) is 23.6 Å².